The number of amides is 3. The van der Waals surface area contributed by atoms with E-state index in [1.807, 2.05) is 62.4 Å². The molecule has 1 unspecified atom stereocenters. The number of hydrogen-bond donors (Lipinski definition) is 2. The van der Waals surface area contributed by atoms with Crippen LogP contribution in [0, 0.1) is 13.8 Å². The van der Waals surface area contributed by atoms with Gasteiger partial charge in [0, 0.05) is 13.1 Å². The number of alkyl carbamates (subject to hydrolysis) is 1. The third kappa shape index (κ3) is 9.90. The van der Waals surface area contributed by atoms with Gasteiger partial charge in [-0.2, -0.15) is 0 Å². The number of ether oxygens (including phenoxy) is 1. The van der Waals surface area contributed by atoms with Crippen molar-refractivity contribution < 1.29 is 19.1 Å². The van der Waals surface area contributed by atoms with E-state index in [1.54, 1.807) is 25.7 Å². The van der Waals surface area contributed by atoms with Crippen LogP contribution in [0.2, 0.25) is 0 Å². The fourth-order valence-electron chi connectivity index (χ4n) is 4.24. The van der Waals surface area contributed by atoms with E-state index >= 15 is 0 Å². The zero-order chi connectivity index (χ0) is 27.4. The van der Waals surface area contributed by atoms with Gasteiger partial charge in [0.05, 0.1) is 0 Å². The second kappa shape index (κ2) is 14.4. The Morgan fingerprint density at radius 3 is 2.14 bits per heavy atom. The van der Waals surface area contributed by atoms with Crippen LogP contribution in [-0.2, 0) is 20.9 Å². The van der Waals surface area contributed by atoms with E-state index in [-0.39, 0.29) is 18.4 Å². The van der Waals surface area contributed by atoms with Crippen molar-refractivity contribution >= 4 is 17.9 Å². The van der Waals surface area contributed by atoms with E-state index in [1.165, 1.54) is 0 Å². The summed E-state index contributed by atoms with van der Waals surface area (Å²) in [7, 11) is 0. The molecule has 0 aliphatic heterocycles. The average Bonchev–Trinajstić information content (AvgIpc) is 2.84. The van der Waals surface area contributed by atoms with E-state index in [2.05, 4.69) is 17.6 Å². The van der Waals surface area contributed by atoms with Gasteiger partial charge in [-0.05, 0) is 63.3 Å². The number of nitrogens with one attached hydrogen (secondary N) is 2. The Labute approximate surface area is 222 Å². The van der Waals surface area contributed by atoms with Crippen LogP contribution < -0.4 is 10.6 Å². The van der Waals surface area contributed by atoms with Gasteiger partial charge in [0.2, 0.25) is 11.8 Å². The minimum Gasteiger partial charge on any atom is -0.444 e. The van der Waals surface area contributed by atoms with Gasteiger partial charge < -0.3 is 20.3 Å². The fourth-order valence-corrected chi connectivity index (χ4v) is 4.24. The standard InChI is InChI=1S/C30H43N3O4/c1-7-8-9-13-19-33(25(34)21-32-29(36)37-30(4,5)6)27(26-22(2)15-14-16-23(26)3)28(35)31-20-24-17-11-10-12-18-24/h10-12,14-18,27H,7-9,13,19-21H2,1-6H3,(H,31,35)(H,32,36). The van der Waals surface area contributed by atoms with E-state index in [0.717, 1.165) is 47.9 Å². The minimum atomic E-state index is -0.820. The SMILES string of the molecule is CCCCCCN(C(=O)CNC(=O)OC(C)(C)C)C(C(=O)NCc1ccccc1)c1c(C)cccc1C. The first-order valence-electron chi connectivity index (χ1n) is 13.2. The van der Waals surface area contributed by atoms with E-state index in [9.17, 15) is 14.4 Å². The summed E-state index contributed by atoms with van der Waals surface area (Å²) in [5.74, 6) is -0.577. The molecular weight excluding hydrogens is 466 g/mol. The molecule has 0 heterocycles. The summed E-state index contributed by atoms with van der Waals surface area (Å²) in [6.45, 7) is 11.9. The minimum absolute atomic E-state index is 0.248. The van der Waals surface area contributed by atoms with Gasteiger partial charge in [-0.25, -0.2) is 4.79 Å². The second-order valence-electron chi connectivity index (χ2n) is 10.4. The van der Waals surface area contributed by atoms with Crippen molar-refractivity contribution in [2.75, 3.05) is 13.1 Å². The first-order valence-corrected chi connectivity index (χ1v) is 13.2. The third-order valence-electron chi connectivity index (χ3n) is 6.04. The number of carbonyl (C=O) groups excluding carboxylic acids is 3. The highest BCUT2D eigenvalue weighted by molar-refractivity contribution is 5.91. The predicted octanol–water partition coefficient (Wildman–Crippen LogP) is 5.59. The fraction of sp³-hybridized carbons (Fsp3) is 0.500. The Morgan fingerprint density at radius 2 is 1.54 bits per heavy atom. The lowest BCUT2D eigenvalue weighted by Crippen LogP contribution is -2.48. The van der Waals surface area contributed by atoms with Gasteiger partial charge in [0.25, 0.3) is 0 Å². The van der Waals surface area contributed by atoms with Gasteiger partial charge in [-0.3, -0.25) is 9.59 Å². The molecule has 0 saturated heterocycles. The summed E-state index contributed by atoms with van der Waals surface area (Å²) in [4.78, 5) is 41.2. The number of carbonyl (C=O) groups is 3. The lowest BCUT2D eigenvalue weighted by atomic mass is 9.93. The van der Waals surface area contributed by atoms with Gasteiger partial charge in [-0.15, -0.1) is 0 Å². The third-order valence-corrected chi connectivity index (χ3v) is 6.04. The van der Waals surface area contributed by atoms with Gasteiger partial charge in [-0.1, -0.05) is 74.7 Å². The Balaban J connectivity index is 2.36. The summed E-state index contributed by atoms with van der Waals surface area (Å²) < 4.78 is 5.30. The molecule has 2 N–H and O–H groups in total. The summed E-state index contributed by atoms with van der Waals surface area (Å²) in [5.41, 5.74) is 2.99. The summed E-state index contributed by atoms with van der Waals surface area (Å²) in [6, 6.07) is 14.7. The van der Waals surface area contributed by atoms with Crippen LogP contribution in [0.15, 0.2) is 48.5 Å². The Kier molecular flexibility index (Phi) is 11.6. The highest BCUT2D eigenvalue weighted by Gasteiger charge is 2.33. The van der Waals surface area contributed by atoms with Crippen LogP contribution in [0.5, 0.6) is 0 Å². The molecular formula is C30H43N3O4. The molecule has 7 nitrogen and oxygen atoms in total. The highest BCUT2D eigenvalue weighted by Crippen LogP contribution is 2.28. The molecule has 7 heteroatoms. The lowest BCUT2D eigenvalue weighted by Gasteiger charge is -2.33. The summed E-state index contributed by atoms with van der Waals surface area (Å²) >= 11 is 0. The molecule has 0 bridgehead atoms. The van der Waals surface area contributed by atoms with E-state index < -0.39 is 17.7 Å². The van der Waals surface area contributed by atoms with E-state index in [0.29, 0.717) is 13.1 Å². The van der Waals surface area contributed by atoms with Crippen molar-refractivity contribution in [3.8, 4) is 0 Å². The number of benzene rings is 2. The molecule has 202 valence electrons. The van der Waals surface area contributed by atoms with Gasteiger partial charge >= 0.3 is 6.09 Å². The number of nitrogens with zero attached hydrogens (tertiary/aromatic N) is 1. The molecule has 3 amide bonds. The van der Waals surface area contributed by atoms with Crippen LogP contribution in [-0.4, -0.2) is 41.5 Å². The molecule has 0 spiro atoms. The van der Waals surface area contributed by atoms with Crippen LogP contribution in [0.25, 0.3) is 0 Å². The highest BCUT2D eigenvalue weighted by atomic mass is 16.6. The smallest absolute Gasteiger partial charge is 0.408 e. The number of hydrogen-bond acceptors (Lipinski definition) is 4. The quantitative estimate of drug-likeness (QED) is 0.365. The first-order chi connectivity index (χ1) is 17.5. The molecule has 0 fully saturated rings. The maximum absolute atomic E-state index is 13.8. The van der Waals surface area contributed by atoms with Crippen LogP contribution in [0.4, 0.5) is 4.79 Å². The van der Waals surface area contributed by atoms with Crippen LogP contribution >= 0.6 is 0 Å². The zero-order valence-corrected chi connectivity index (χ0v) is 23.2. The Morgan fingerprint density at radius 1 is 0.892 bits per heavy atom. The number of unbranched alkanes of at least 4 members (excludes halogenated alkanes) is 3. The average molecular weight is 510 g/mol. The van der Waals surface area contributed by atoms with Crippen LogP contribution in [0.1, 0.15) is 81.7 Å². The Bertz CT molecular complexity index is 1010. The molecule has 2 aromatic carbocycles. The van der Waals surface area contributed by atoms with Gasteiger partial charge in [0.15, 0.2) is 0 Å². The van der Waals surface area contributed by atoms with Crippen molar-refractivity contribution in [3.05, 3.63) is 70.8 Å². The molecule has 2 rings (SSSR count). The topological polar surface area (TPSA) is 87.7 Å². The second-order valence-corrected chi connectivity index (χ2v) is 10.4. The van der Waals surface area contributed by atoms with Crippen molar-refractivity contribution in [1.82, 2.24) is 15.5 Å². The van der Waals surface area contributed by atoms with Crippen molar-refractivity contribution in [1.29, 1.82) is 0 Å². The molecule has 37 heavy (non-hydrogen) atoms. The van der Waals surface area contributed by atoms with E-state index in [4.69, 9.17) is 4.74 Å². The zero-order valence-electron chi connectivity index (χ0n) is 23.2. The number of aryl methyl sites for hydroxylation is 2. The predicted molar refractivity (Wildman–Crippen MR) is 147 cm³/mol. The Hall–Kier alpha value is -3.35. The maximum atomic E-state index is 13.8. The first kappa shape index (κ1) is 29.9. The molecule has 0 saturated carbocycles. The number of rotatable bonds is 12. The van der Waals surface area contributed by atoms with Crippen LogP contribution in [0.3, 0.4) is 0 Å². The molecule has 0 radical (unpaired) electrons. The molecule has 0 aromatic heterocycles. The lowest BCUT2D eigenvalue weighted by molar-refractivity contribution is -0.140. The van der Waals surface area contributed by atoms with Crippen molar-refractivity contribution in [2.24, 2.45) is 0 Å². The largest absolute Gasteiger partial charge is 0.444 e. The molecule has 0 aliphatic carbocycles. The van der Waals surface area contributed by atoms with Crippen molar-refractivity contribution in [2.45, 2.75) is 85.4 Å². The normalized spacial score (nSPS) is 11.9. The van der Waals surface area contributed by atoms with Crippen molar-refractivity contribution in [3.63, 3.8) is 0 Å². The molecule has 0 aliphatic rings. The molecule has 1 atom stereocenters. The summed E-state index contributed by atoms with van der Waals surface area (Å²) in [5, 5.41) is 5.61. The molecule has 2 aromatic rings. The monoisotopic (exact) mass is 509 g/mol. The summed E-state index contributed by atoms with van der Waals surface area (Å²) in [6.07, 6.45) is 3.16. The van der Waals surface area contributed by atoms with Gasteiger partial charge in [0.1, 0.15) is 18.2 Å². The maximum Gasteiger partial charge on any atom is 0.408 e.